The van der Waals surface area contributed by atoms with Gasteiger partial charge in [-0.2, -0.15) is 0 Å². The molecule has 5 nitrogen and oxygen atoms in total. The molecule has 1 aromatic carbocycles. The molecule has 0 saturated carbocycles. The summed E-state index contributed by atoms with van der Waals surface area (Å²) in [5, 5.41) is 8.19. The highest BCUT2D eigenvalue weighted by atomic mass is 16.5. The van der Waals surface area contributed by atoms with Crippen LogP contribution in [0.25, 0.3) is 11.0 Å². The van der Waals surface area contributed by atoms with E-state index in [0.717, 1.165) is 16.6 Å². The summed E-state index contributed by atoms with van der Waals surface area (Å²) in [4.78, 5) is 11.7. The Balaban J connectivity index is 2.57. The molecule has 0 amide bonds. The van der Waals surface area contributed by atoms with Gasteiger partial charge in [-0.15, -0.1) is 5.10 Å². The van der Waals surface area contributed by atoms with Crippen molar-refractivity contribution in [3.8, 4) is 0 Å². The summed E-state index contributed by atoms with van der Waals surface area (Å²) >= 11 is 0. The van der Waals surface area contributed by atoms with E-state index in [0.29, 0.717) is 6.42 Å². The number of benzene rings is 1. The van der Waals surface area contributed by atoms with E-state index in [1.54, 1.807) is 4.68 Å². The van der Waals surface area contributed by atoms with Crippen LogP contribution in [-0.2, 0) is 9.53 Å². The van der Waals surface area contributed by atoms with Crippen molar-refractivity contribution >= 4 is 17.0 Å². The Bertz CT molecular complexity index is 589. The first-order valence-corrected chi connectivity index (χ1v) is 5.98. The second-order valence-corrected chi connectivity index (χ2v) is 4.41. The van der Waals surface area contributed by atoms with Crippen molar-refractivity contribution in [3.63, 3.8) is 0 Å². The Hall–Kier alpha value is -1.91. The number of hydrogen-bond donors (Lipinski definition) is 0. The molecule has 0 aliphatic rings. The highest BCUT2D eigenvalue weighted by Crippen LogP contribution is 2.22. The van der Waals surface area contributed by atoms with Crippen molar-refractivity contribution in [3.05, 3.63) is 23.3 Å². The molecule has 1 aromatic heterocycles. The van der Waals surface area contributed by atoms with E-state index in [2.05, 4.69) is 10.3 Å². The number of aromatic nitrogens is 3. The molecule has 0 aliphatic heterocycles. The first-order chi connectivity index (χ1) is 8.58. The lowest BCUT2D eigenvalue weighted by atomic mass is 10.1. The van der Waals surface area contributed by atoms with Crippen LogP contribution in [0.15, 0.2) is 12.1 Å². The summed E-state index contributed by atoms with van der Waals surface area (Å²) in [5.74, 6) is -0.289. The first kappa shape index (κ1) is 12.5. The van der Waals surface area contributed by atoms with Crippen LogP contribution in [0.5, 0.6) is 0 Å². The van der Waals surface area contributed by atoms with Gasteiger partial charge in [0.15, 0.2) is 6.04 Å². The van der Waals surface area contributed by atoms with Gasteiger partial charge in [-0.05, 0) is 43.5 Å². The molecular weight excluding hydrogens is 230 g/mol. The summed E-state index contributed by atoms with van der Waals surface area (Å²) in [7, 11) is 1.39. The molecule has 5 heteroatoms. The smallest absolute Gasteiger partial charge is 0.330 e. The summed E-state index contributed by atoms with van der Waals surface area (Å²) < 4.78 is 6.45. The van der Waals surface area contributed by atoms with E-state index < -0.39 is 6.04 Å². The number of aryl methyl sites for hydroxylation is 2. The van der Waals surface area contributed by atoms with Gasteiger partial charge in [0.2, 0.25) is 0 Å². The van der Waals surface area contributed by atoms with E-state index in [9.17, 15) is 4.79 Å². The Morgan fingerprint density at radius 1 is 1.39 bits per heavy atom. The molecule has 2 rings (SSSR count). The third-order valence-electron chi connectivity index (χ3n) is 3.24. The minimum absolute atomic E-state index is 0.289. The average molecular weight is 247 g/mol. The maximum atomic E-state index is 11.7. The van der Waals surface area contributed by atoms with Crippen LogP contribution in [0.4, 0.5) is 0 Å². The lowest BCUT2D eigenvalue weighted by molar-refractivity contribution is -0.144. The van der Waals surface area contributed by atoms with Gasteiger partial charge in [-0.1, -0.05) is 12.1 Å². The lowest BCUT2D eigenvalue weighted by Gasteiger charge is -2.13. The van der Waals surface area contributed by atoms with Gasteiger partial charge in [0, 0.05) is 0 Å². The monoisotopic (exact) mass is 247 g/mol. The summed E-state index contributed by atoms with van der Waals surface area (Å²) in [5.41, 5.74) is 4.00. The average Bonchev–Trinajstić information content (AvgIpc) is 2.74. The Morgan fingerprint density at radius 2 is 2.06 bits per heavy atom. The zero-order chi connectivity index (χ0) is 13.3. The number of rotatable bonds is 3. The largest absolute Gasteiger partial charge is 0.467 e. The van der Waals surface area contributed by atoms with Crippen molar-refractivity contribution in [1.82, 2.24) is 15.0 Å². The fourth-order valence-electron chi connectivity index (χ4n) is 2.00. The van der Waals surface area contributed by atoms with Crippen LogP contribution in [0.3, 0.4) is 0 Å². The normalized spacial score (nSPS) is 12.7. The van der Waals surface area contributed by atoms with Crippen molar-refractivity contribution in [2.24, 2.45) is 0 Å². The molecule has 96 valence electrons. The predicted octanol–water partition coefficient (Wildman–Crippen LogP) is 2.17. The highest BCUT2D eigenvalue weighted by molar-refractivity contribution is 5.80. The molecule has 0 spiro atoms. The molecule has 1 unspecified atom stereocenters. The second-order valence-electron chi connectivity index (χ2n) is 4.41. The van der Waals surface area contributed by atoms with Gasteiger partial charge >= 0.3 is 5.97 Å². The van der Waals surface area contributed by atoms with Gasteiger partial charge in [0.05, 0.1) is 12.6 Å². The first-order valence-electron chi connectivity index (χ1n) is 5.98. The highest BCUT2D eigenvalue weighted by Gasteiger charge is 2.22. The zero-order valence-corrected chi connectivity index (χ0v) is 11.1. The predicted molar refractivity (Wildman–Crippen MR) is 68.3 cm³/mol. The van der Waals surface area contributed by atoms with E-state index in [-0.39, 0.29) is 5.97 Å². The van der Waals surface area contributed by atoms with E-state index in [1.165, 1.54) is 12.7 Å². The lowest BCUT2D eigenvalue weighted by Crippen LogP contribution is -2.21. The molecule has 18 heavy (non-hydrogen) atoms. The minimum Gasteiger partial charge on any atom is -0.467 e. The number of carbonyl (C=O) groups is 1. The Labute approximate surface area is 106 Å². The SMILES string of the molecule is CCC(C(=O)OC)n1nnc2cc(C)c(C)cc21. The fraction of sp³-hybridized carbons (Fsp3) is 0.462. The quantitative estimate of drug-likeness (QED) is 0.780. The fourth-order valence-corrected chi connectivity index (χ4v) is 2.00. The van der Waals surface area contributed by atoms with Gasteiger partial charge in [0.25, 0.3) is 0 Å². The van der Waals surface area contributed by atoms with Crippen LogP contribution in [-0.4, -0.2) is 28.1 Å². The molecule has 0 bridgehead atoms. The van der Waals surface area contributed by atoms with Crippen LogP contribution in [0.1, 0.15) is 30.5 Å². The topological polar surface area (TPSA) is 57.0 Å². The summed E-state index contributed by atoms with van der Waals surface area (Å²) in [6, 6.07) is 3.58. The number of ether oxygens (including phenoxy) is 1. The molecule has 0 fully saturated rings. The van der Waals surface area contributed by atoms with Crippen LogP contribution >= 0.6 is 0 Å². The Kier molecular flexibility index (Phi) is 3.32. The molecule has 0 aliphatic carbocycles. The van der Waals surface area contributed by atoms with Gasteiger partial charge < -0.3 is 4.74 Å². The number of carbonyl (C=O) groups excluding carboxylic acids is 1. The van der Waals surface area contributed by atoms with Crippen molar-refractivity contribution in [2.45, 2.75) is 33.2 Å². The van der Waals surface area contributed by atoms with Crippen molar-refractivity contribution in [1.29, 1.82) is 0 Å². The van der Waals surface area contributed by atoms with Crippen LogP contribution in [0.2, 0.25) is 0 Å². The Morgan fingerprint density at radius 3 is 2.67 bits per heavy atom. The van der Waals surface area contributed by atoms with Crippen LogP contribution in [0, 0.1) is 13.8 Å². The van der Waals surface area contributed by atoms with E-state index in [4.69, 9.17) is 4.74 Å². The molecule has 1 atom stereocenters. The summed E-state index contributed by atoms with van der Waals surface area (Å²) in [6.07, 6.45) is 0.623. The molecular formula is C13H17N3O2. The molecule has 1 heterocycles. The number of fused-ring (bicyclic) bond motifs is 1. The third kappa shape index (κ3) is 1.96. The van der Waals surface area contributed by atoms with Crippen molar-refractivity contribution in [2.75, 3.05) is 7.11 Å². The maximum absolute atomic E-state index is 11.7. The number of hydrogen-bond acceptors (Lipinski definition) is 4. The van der Waals surface area contributed by atoms with Gasteiger partial charge in [-0.3, -0.25) is 0 Å². The maximum Gasteiger partial charge on any atom is 0.330 e. The van der Waals surface area contributed by atoms with Gasteiger partial charge in [-0.25, -0.2) is 9.48 Å². The number of esters is 1. The standard InChI is InChI=1S/C13H17N3O2/c1-5-11(13(17)18-4)16-12-7-9(3)8(2)6-10(12)14-15-16/h6-7,11H,5H2,1-4H3. The second kappa shape index (κ2) is 4.76. The molecule has 0 N–H and O–H groups in total. The summed E-state index contributed by atoms with van der Waals surface area (Å²) in [6.45, 7) is 5.99. The van der Waals surface area contributed by atoms with Gasteiger partial charge in [0.1, 0.15) is 5.52 Å². The van der Waals surface area contributed by atoms with Crippen LogP contribution < -0.4 is 0 Å². The van der Waals surface area contributed by atoms with E-state index in [1.807, 2.05) is 32.9 Å². The third-order valence-corrected chi connectivity index (χ3v) is 3.24. The number of methoxy groups -OCH3 is 1. The van der Waals surface area contributed by atoms with Crippen molar-refractivity contribution < 1.29 is 9.53 Å². The number of nitrogens with zero attached hydrogens (tertiary/aromatic N) is 3. The molecule has 2 aromatic rings. The minimum atomic E-state index is -0.415. The molecule has 0 saturated heterocycles. The van der Waals surface area contributed by atoms with E-state index >= 15 is 0 Å². The zero-order valence-electron chi connectivity index (χ0n) is 11.1. The molecule has 0 radical (unpaired) electrons.